The van der Waals surface area contributed by atoms with Gasteiger partial charge in [-0.05, 0) is 45.0 Å². The Morgan fingerprint density at radius 2 is 2.00 bits per heavy atom. The van der Waals surface area contributed by atoms with Crippen molar-refractivity contribution in [3.63, 3.8) is 0 Å². The number of fused-ring (bicyclic) bond motifs is 1. The van der Waals surface area contributed by atoms with Gasteiger partial charge in [-0.15, -0.1) is 0 Å². The predicted molar refractivity (Wildman–Crippen MR) is 82.5 cm³/mol. The van der Waals surface area contributed by atoms with Crippen molar-refractivity contribution in [3.05, 3.63) is 42.1 Å². The van der Waals surface area contributed by atoms with Crippen LogP contribution in [0.5, 0.6) is 0 Å². The van der Waals surface area contributed by atoms with Gasteiger partial charge in [0.25, 0.3) is 0 Å². The zero-order chi connectivity index (χ0) is 14.3. The maximum absolute atomic E-state index is 6.14. The van der Waals surface area contributed by atoms with Gasteiger partial charge in [0.1, 0.15) is 11.3 Å². The molecule has 0 fully saturated rings. The van der Waals surface area contributed by atoms with E-state index in [9.17, 15) is 0 Å². The number of nitrogen functional groups attached to an aromatic ring is 1. The van der Waals surface area contributed by atoms with Gasteiger partial charge in [-0.2, -0.15) is 0 Å². The predicted octanol–water partition coefficient (Wildman–Crippen LogP) is 3.57. The normalized spacial score (nSPS) is 11.4. The minimum atomic E-state index is 0.268. The summed E-state index contributed by atoms with van der Waals surface area (Å²) in [5.41, 5.74) is 10.8. The lowest BCUT2D eigenvalue weighted by atomic mass is 10.1. The van der Waals surface area contributed by atoms with E-state index in [4.69, 9.17) is 10.7 Å². The number of nitrogens with zero attached hydrogens (tertiary/aromatic N) is 3. The summed E-state index contributed by atoms with van der Waals surface area (Å²) < 4.78 is 2.14. The Hall–Kier alpha value is -2.36. The molecular formula is C16H18N4. The number of aryl methyl sites for hydroxylation is 1. The highest BCUT2D eigenvalue weighted by Gasteiger charge is 2.17. The molecule has 0 spiro atoms. The average molecular weight is 266 g/mol. The lowest BCUT2D eigenvalue weighted by Crippen LogP contribution is -2.05. The topological polar surface area (TPSA) is 56.7 Å². The Labute approximate surface area is 118 Å². The van der Waals surface area contributed by atoms with Crippen molar-refractivity contribution in [3.8, 4) is 11.4 Å². The zero-order valence-electron chi connectivity index (χ0n) is 12.0. The Balaban J connectivity index is 2.35. The molecule has 3 rings (SSSR count). The van der Waals surface area contributed by atoms with Crippen molar-refractivity contribution in [1.82, 2.24) is 14.5 Å². The maximum atomic E-state index is 6.14. The number of pyridine rings is 1. The molecule has 0 atom stereocenters. The van der Waals surface area contributed by atoms with Crippen LogP contribution in [0.15, 0.2) is 36.5 Å². The van der Waals surface area contributed by atoms with Crippen LogP contribution in [0.25, 0.3) is 22.6 Å². The van der Waals surface area contributed by atoms with Crippen molar-refractivity contribution in [2.24, 2.45) is 0 Å². The highest BCUT2D eigenvalue weighted by Crippen LogP contribution is 2.31. The molecule has 0 bridgehead atoms. The van der Waals surface area contributed by atoms with Crippen molar-refractivity contribution in [1.29, 1.82) is 0 Å². The minimum Gasteiger partial charge on any atom is -0.398 e. The van der Waals surface area contributed by atoms with E-state index in [0.717, 1.165) is 28.2 Å². The van der Waals surface area contributed by atoms with E-state index >= 15 is 0 Å². The third kappa shape index (κ3) is 1.93. The van der Waals surface area contributed by atoms with Gasteiger partial charge in [0.15, 0.2) is 5.65 Å². The van der Waals surface area contributed by atoms with E-state index in [-0.39, 0.29) is 6.04 Å². The standard InChI is InChI=1S/C16H18N4/c1-10(2)20-15(12-9-11(3)6-7-13(12)17)19-14-5-4-8-18-16(14)20/h4-10H,17H2,1-3H3. The number of hydrogen-bond donors (Lipinski definition) is 1. The third-order valence-corrected chi connectivity index (χ3v) is 3.41. The molecule has 0 amide bonds. The second-order valence-corrected chi connectivity index (χ2v) is 5.34. The average Bonchev–Trinajstić information content (AvgIpc) is 2.80. The molecule has 2 aromatic heterocycles. The van der Waals surface area contributed by atoms with E-state index < -0.39 is 0 Å². The maximum Gasteiger partial charge on any atom is 0.160 e. The van der Waals surface area contributed by atoms with Crippen LogP contribution in [0.1, 0.15) is 25.5 Å². The van der Waals surface area contributed by atoms with Crippen LogP contribution < -0.4 is 5.73 Å². The first-order valence-corrected chi connectivity index (χ1v) is 6.77. The summed E-state index contributed by atoms with van der Waals surface area (Å²) >= 11 is 0. The molecule has 20 heavy (non-hydrogen) atoms. The fraction of sp³-hybridized carbons (Fsp3) is 0.250. The van der Waals surface area contributed by atoms with Crippen molar-refractivity contribution in [2.75, 3.05) is 5.73 Å². The lowest BCUT2D eigenvalue weighted by molar-refractivity contribution is 0.620. The summed E-state index contributed by atoms with van der Waals surface area (Å²) in [6, 6.07) is 10.2. The van der Waals surface area contributed by atoms with Gasteiger partial charge in [0, 0.05) is 23.5 Å². The van der Waals surface area contributed by atoms with E-state index in [2.05, 4.69) is 36.4 Å². The Morgan fingerprint density at radius 3 is 2.75 bits per heavy atom. The molecule has 4 heteroatoms. The number of rotatable bonds is 2. The van der Waals surface area contributed by atoms with Crippen LogP contribution in [0.2, 0.25) is 0 Å². The highest BCUT2D eigenvalue weighted by atomic mass is 15.1. The first-order valence-electron chi connectivity index (χ1n) is 6.77. The molecule has 0 aliphatic rings. The highest BCUT2D eigenvalue weighted by molar-refractivity contribution is 5.81. The molecular weight excluding hydrogens is 248 g/mol. The SMILES string of the molecule is Cc1ccc(N)c(-c2nc3cccnc3n2C(C)C)c1. The molecule has 0 saturated heterocycles. The largest absolute Gasteiger partial charge is 0.398 e. The minimum absolute atomic E-state index is 0.268. The Bertz CT molecular complexity index is 771. The fourth-order valence-electron chi connectivity index (χ4n) is 2.47. The van der Waals surface area contributed by atoms with Crippen LogP contribution in [-0.2, 0) is 0 Å². The van der Waals surface area contributed by atoms with Crippen molar-refractivity contribution >= 4 is 16.9 Å². The second kappa shape index (κ2) is 4.63. The molecule has 102 valence electrons. The summed E-state index contributed by atoms with van der Waals surface area (Å²) in [5.74, 6) is 0.884. The molecule has 0 aliphatic heterocycles. The van der Waals surface area contributed by atoms with Gasteiger partial charge in [-0.25, -0.2) is 9.97 Å². The van der Waals surface area contributed by atoms with Gasteiger partial charge in [-0.3, -0.25) is 0 Å². The van der Waals surface area contributed by atoms with E-state index in [0.29, 0.717) is 0 Å². The quantitative estimate of drug-likeness (QED) is 0.721. The first-order chi connectivity index (χ1) is 9.58. The molecule has 3 aromatic rings. The summed E-state index contributed by atoms with van der Waals surface area (Å²) in [6.45, 7) is 6.32. The number of nitrogens with two attached hydrogens (primary N) is 1. The van der Waals surface area contributed by atoms with Crippen LogP contribution in [0, 0.1) is 6.92 Å². The molecule has 2 N–H and O–H groups in total. The van der Waals surface area contributed by atoms with Crippen molar-refractivity contribution < 1.29 is 0 Å². The molecule has 0 saturated carbocycles. The fourth-order valence-corrected chi connectivity index (χ4v) is 2.47. The lowest BCUT2D eigenvalue weighted by Gasteiger charge is -2.14. The van der Waals surface area contributed by atoms with Gasteiger partial charge in [0.2, 0.25) is 0 Å². The summed E-state index contributed by atoms with van der Waals surface area (Å²) in [7, 11) is 0. The third-order valence-electron chi connectivity index (χ3n) is 3.41. The first kappa shape index (κ1) is 12.7. The smallest absolute Gasteiger partial charge is 0.160 e. The van der Waals surface area contributed by atoms with Crippen LogP contribution >= 0.6 is 0 Å². The second-order valence-electron chi connectivity index (χ2n) is 5.34. The number of aromatic nitrogens is 3. The van der Waals surface area contributed by atoms with Crippen LogP contribution in [0.3, 0.4) is 0 Å². The molecule has 4 nitrogen and oxygen atoms in total. The molecule has 0 aliphatic carbocycles. The zero-order valence-corrected chi connectivity index (χ0v) is 12.0. The van der Waals surface area contributed by atoms with Gasteiger partial charge < -0.3 is 10.3 Å². The van der Waals surface area contributed by atoms with Crippen LogP contribution in [0.4, 0.5) is 5.69 Å². The summed E-state index contributed by atoms with van der Waals surface area (Å²) in [5, 5.41) is 0. The molecule has 0 radical (unpaired) electrons. The molecule has 2 heterocycles. The molecule has 1 aromatic carbocycles. The Kier molecular flexibility index (Phi) is 2.93. The van der Waals surface area contributed by atoms with E-state index in [1.165, 1.54) is 5.56 Å². The number of anilines is 1. The Morgan fingerprint density at radius 1 is 1.20 bits per heavy atom. The number of hydrogen-bond acceptors (Lipinski definition) is 3. The van der Waals surface area contributed by atoms with Gasteiger partial charge in [0.05, 0.1) is 0 Å². The summed E-state index contributed by atoms with van der Waals surface area (Å²) in [4.78, 5) is 9.19. The van der Waals surface area contributed by atoms with Gasteiger partial charge >= 0.3 is 0 Å². The summed E-state index contributed by atoms with van der Waals surface area (Å²) in [6.07, 6.45) is 1.80. The van der Waals surface area contributed by atoms with Gasteiger partial charge in [-0.1, -0.05) is 11.6 Å². The van der Waals surface area contributed by atoms with E-state index in [1.807, 2.05) is 24.3 Å². The number of imidazole rings is 1. The number of benzene rings is 1. The van der Waals surface area contributed by atoms with E-state index in [1.54, 1.807) is 6.20 Å². The van der Waals surface area contributed by atoms with Crippen molar-refractivity contribution in [2.45, 2.75) is 26.8 Å². The monoisotopic (exact) mass is 266 g/mol. The van der Waals surface area contributed by atoms with Crippen LogP contribution in [-0.4, -0.2) is 14.5 Å². The molecule has 0 unspecified atom stereocenters.